The summed E-state index contributed by atoms with van der Waals surface area (Å²) >= 11 is 0. The molecule has 0 radical (unpaired) electrons. The Morgan fingerprint density at radius 2 is 1.86 bits per heavy atom. The van der Waals surface area contributed by atoms with Gasteiger partial charge < -0.3 is 14.2 Å². The molecule has 1 fully saturated rings. The number of aromatic nitrogens is 1. The molecule has 0 bridgehead atoms. The van der Waals surface area contributed by atoms with Gasteiger partial charge in [-0.25, -0.2) is 0 Å². The van der Waals surface area contributed by atoms with Crippen LogP contribution in [0, 0.1) is 0 Å². The van der Waals surface area contributed by atoms with E-state index in [4.69, 9.17) is 14.2 Å². The predicted octanol–water partition coefficient (Wildman–Crippen LogP) is 5.04. The minimum absolute atomic E-state index is 0.269. The maximum absolute atomic E-state index is 6.10. The van der Waals surface area contributed by atoms with Crippen LogP contribution >= 0.6 is 0 Å². The first kappa shape index (κ1) is 24.3. The van der Waals surface area contributed by atoms with E-state index < -0.39 is 0 Å². The number of methoxy groups -OCH3 is 1. The molecule has 2 aliphatic heterocycles. The summed E-state index contributed by atoms with van der Waals surface area (Å²) < 4.78 is 17.4. The molecule has 6 heteroatoms. The molecule has 1 aromatic heterocycles. The van der Waals surface area contributed by atoms with Gasteiger partial charge in [0.05, 0.1) is 13.3 Å². The molecule has 0 unspecified atom stereocenters. The molecule has 0 amide bonds. The first-order chi connectivity index (χ1) is 17.7. The Hall–Kier alpha value is -3.35. The summed E-state index contributed by atoms with van der Waals surface area (Å²) in [4.78, 5) is 9.11. The minimum atomic E-state index is 0.269. The Bertz CT molecular complexity index is 1130. The zero-order chi connectivity index (χ0) is 24.6. The molecule has 1 saturated heterocycles. The zero-order valence-electron chi connectivity index (χ0n) is 21.0. The van der Waals surface area contributed by atoms with Crippen molar-refractivity contribution in [1.29, 1.82) is 0 Å². The van der Waals surface area contributed by atoms with E-state index in [1.54, 1.807) is 19.5 Å². The molecule has 3 aromatic rings. The Morgan fingerprint density at radius 1 is 1.00 bits per heavy atom. The Labute approximate surface area is 214 Å². The molecule has 2 aliphatic rings. The number of nitrogens with zero attached hydrogens (tertiary/aromatic N) is 3. The fourth-order valence-corrected chi connectivity index (χ4v) is 4.86. The van der Waals surface area contributed by atoms with Crippen LogP contribution in [-0.2, 0) is 13.1 Å². The zero-order valence-corrected chi connectivity index (χ0v) is 21.0. The molecule has 5 rings (SSSR count). The summed E-state index contributed by atoms with van der Waals surface area (Å²) in [6, 6.07) is 18.8. The van der Waals surface area contributed by atoms with Gasteiger partial charge in [0.2, 0.25) is 0 Å². The average molecular weight is 486 g/mol. The first-order valence-corrected chi connectivity index (χ1v) is 12.8. The van der Waals surface area contributed by atoms with E-state index in [0.29, 0.717) is 6.61 Å². The van der Waals surface area contributed by atoms with Gasteiger partial charge in [-0.2, -0.15) is 0 Å². The lowest BCUT2D eigenvalue weighted by molar-refractivity contribution is 0.0965. The van der Waals surface area contributed by atoms with Gasteiger partial charge in [-0.3, -0.25) is 14.8 Å². The van der Waals surface area contributed by atoms with Crippen LogP contribution in [0.1, 0.15) is 29.5 Å². The van der Waals surface area contributed by atoms with Gasteiger partial charge in [0.25, 0.3) is 0 Å². The molecular formula is C30H35N3O3. The van der Waals surface area contributed by atoms with Crippen LogP contribution in [0.25, 0.3) is 6.08 Å². The van der Waals surface area contributed by atoms with Gasteiger partial charge in [-0.1, -0.05) is 30.4 Å². The van der Waals surface area contributed by atoms with Crippen molar-refractivity contribution in [3.8, 4) is 17.2 Å². The van der Waals surface area contributed by atoms with Crippen LogP contribution in [0.4, 0.5) is 0 Å². The van der Waals surface area contributed by atoms with E-state index in [1.165, 1.54) is 16.7 Å². The lowest BCUT2D eigenvalue weighted by Crippen LogP contribution is -2.37. The third-order valence-corrected chi connectivity index (χ3v) is 6.85. The van der Waals surface area contributed by atoms with Crippen molar-refractivity contribution in [2.24, 2.45) is 0 Å². The summed E-state index contributed by atoms with van der Waals surface area (Å²) in [5.74, 6) is 2.76. The number of hydrogen-bond donors (Lipinski definition) is 0. The van der Waals surface area contributed by atoms with E-state index in [9.17, 15) is 0 Å². The highest BCUT2D eigenvalue weighted by Gasteiger charge is 2.21. The Morgan fingerprint density at radius 3 is 2.64 bits per heavy atom. The van der Waals surface area contributed by atoms with Crippen molar-refractivity contribution >= 4 is 6.08 Å². The monoisotopic (exact) mass is 485 g/mol. The summed E-state index contributed by atoms with van der Waals surface area (Å²) in [6.07, 6.45) is 10.3. The average Bonchev–Trinajstić information content (AvgIpc) is 3.12. The van der Waals surface area contributed by atoms with Crippen molar-refractivity contribution < 1.29 is 14.2 Å². The molecule has 2 aromatic carbocycles. The van der Waals surface area contributed by atoms with Crippen molar-refractivity contribution in [2.75, 3.05) is 39.9 Å². The van der Waals surface area contributed by atoms with E-state index in [2.05, 4.69) is 57.3 Å². The summed E-state index contributed by atoms with van der Waals surface area (Å²) in [5, 5.41) is 0. The number of rotatable bonds is 8. The summed E-state index contributed by atoms with van der Waals surface area (Å²) in [7, 11) is 1.69. The SMILES string of the molecule is COc1ccc(/C=C/CN2CCOc3ccc(CN4CCC(Oc5cccnc5)CC4)cc3C2)cc1. The Kier molecular flexibility index (Phi) is 8.16. The maximum atomic E-state index is 6.10. The molecule has 188 valence electrons. The molecule has 6 nitrogen and oxygen atoms in total. The lowest BCUT2D eigenvalue weighted by atomic mass is 10.0. The highest BCUT2D eigenvalue weighted by molar-refractivity contribution is 5.50. The lowest BCUT2D eigenvalue weighted by Gasteiger charge is -2.32. The smallest absolute Gasteiger partial charge is 0.137 e. The molecule has 36 heavy (non-hydrogen) atoms. The number of pyridine rings is 1. The van der Waals surface area contributed by atoms with Gasteiger partial charge in [-0.05, 0) is 60.4 Å². The van der Waals surface area contributed by atoms with Crippen LogP contribution in [0.3, 0.4) is 0 Å². The third kappa shape index (κ3) is 6.65. The quantitative estimate of drug-likeness (QED) is 0.445. The van der Waals surface area contributed by atoms with Gasteiger partial charge in [0.1, 0.15) is 30.0 Å². The third-order valence-electron chi connectivity index (χ3n) is 6.85. The number of fused-ring (bicyclic) bond motifs is 1. The summed E-state index contributed by atoms with van der Waals surface area (Å²) in [6.45, 7) is 6.47. The molecule has 0 N–H and O–H groups in total. The Balaban J connectivity index is 1.13. The van der Waals surface area contributed by atoms with E-state index >= 15 is 0 Å². The van der Waals surface area contributed by atoms with Gasteiger partial charge in [0.15, 0.2) is 0 Å². The largest absolute Gasteiger partial charge is 0.497 e. The predicted molar refractivity (Wildman–Crippen MR) is 142 cm³/mol. The number of piperidine rings is 1. The second kappa shape index (κ2) is 12.1. The topological polar surface area (TPSA) is 47.1 Å². The molecular weight excluding hydrogens is 450 g/mol. The van der Waals surface area contributed by atoms with Gasteiger partial charge in [0, 0.05) is 51.0 Å². The number of likely N-dealkylation sites (tertiary alicyclic amines) is 1. The van der Waals surface area contributed by atoms with Crippen LogP contribution in [-0.4, -0.2) is 60.8 Å². The second-order valence-electron chi connectivity index (χ2n) is 9.48. The molecule has 0 atom stereocenters. The van der Waals surface area contributed by atoms with Crippen LogP contribution < -0.4 is 14.2 Å². The molecule has 0 saturated carbocycles. The van der Waals surface area contributed by atoms with Crippen molar-refractivity contribution in [3.05, 3.63) is 89.8 Å². The van der Waals surface area contributed by atoms with Crippen LogP contribution in [0.2, 0.25) is 0 Å². The fourth-order valence-electron chi connectivity index (χ4n) is 4.86. The highest BCUT2D eigenvalue weighted by Crippen LogP contribution is 2.26. The minimum Gasteiger partial charge on any atom is -0.497 e. The van der Waals surface area contributed by atoms with Crippen molar-refractivity contribution in [2.45, 2.75) is 32.0 Å². The number of benzene rings is 2. The number of hydrogen-bond acceptors (Lipinski definition) is 6. The highest BCUT2D eigenvalue weighted by atomic mass is 16.5. The van der Waals surface area contributed by atoms with E-state index in [0.717, 1.165) is 69.4 Å². The maximum Gasteiger partial charge on any atom is 0.137 e. The van der Waals surface area contributed by atoms with Crippen LogP contribution in [0.15, 0.2) is 73.1 Å². The molecule has 0 aliphatic carbocycles. The molecule has 0 spiro atoms. The first-order valence-electron chi connectivity index (χ1n) is 12.8. The van der Waals surface area contributed by atoms with Crippen LogP contribution in [0.5, 0.6) is 17.2 Å². The van der Waals surface area contributed by atoms with E-state index in [1.807, 2.05) is 24.3 Å². The second-order valence-corrected chi connectivity index (χ2v) is 9.48. The van der Waals surface area contributed by atoms with Gasteiger partial charge in [-0.15, -0.1) is 0 Å². The van der Waals surface area contributed by atoms with Crippen molar-refractivity contribution in [3.63, 3.8) is 0 Å². The normalized spacial score (nSPS) is 17.4. The fraction of sp³-hybridized carbons (Fsp3) is 0.367. The molecule has 3 heterocycles. The standard InChI is InChI=1S/C30H35N3O3/c1-34-27-9-6-24(7-10-27)4-3-15-32-18-19-35-30-11-8-25(20-26(30)23-32)22-33-16-12-28(13-17-33)36-29-5-2-14-31-21-29/h2-11,14,20-21,28H,12-13,15-19,22-23H2,1H3/b4-3+. The van der Waals surface area contributed by atoms with E-state index in [-0.39, 0.29) is 6.10 Å². The number of ether oxygens (including phenoxy) is 3. The summed E-state index contributed by atoms with van der Waals surface area (Å²) in [5.41, 5.74) is 3.80. The van der Waals surface area contributed by atoms with Crippen molar-refractivity contribution in [1.82, 2.24) is 14.8 Å². The van der Waals surface area contributed by atoms with Gasteiger partial charge >= 0.3 is 0 Å².